The van der Waals surface area contributed by atoms with Crippen molar-refractivity contribution in [1.29, 1.82) is 5.26 Å². The van der Waals surface area contributed by atoms with Crippen molar-refractivity contribution in [3.05, 3.63) is 71.9 Å². The Balaban J connectivity index is 1.28. The molecule has 2 saturated heterocycles. The lowest BCUT2D eigenvalue weighted by Crippen LogP contribution is -2.71. The van der Waals surface area contributed by atoms with E-state index in [9.17, 15) is 14.4 Å². The minimum Gasteiger partial charge on any atom is -0.437 e. The fraction of sp³-hybridized carbons (Fsp3) is 0.250. The van der Waals surface area contributed by atoms with E-state index in [0.29, 0.717) is 42.3 Å². The zero-order valence-corrected chi connectivity index (χ0v) is 20.4. The highest BCUT2D eigenvalue weighted by atomic mass is 16.5. The van der Waals surface area contributed by atoms with E-state index in [2.05, 4.69) is 32.7 Å². The first-order valence-corrected chi connectivity index (χ1v) is 12.5. The van der Waals surface area contributed by atoms with Gasteiger partial charge < -0.3 is 14.5 Å². The number of hydrogen-bond donors (Lipinski definition) is 2. The highest BCUT2D eigenvalue weighted by molar-refractivity contribution is 6.24. The van der Waals surface area contributed by atoms with Crippen molar-refractivity contribution in [2.45, 2.75) is 31.2 Å². The molecule has 3 aliphatic heterocycles. The SMILES string of the molecule is N#Cc1ccc(N2CCCc3cccc(Oc4ccc(N5CCCC56C(=O)NC(=O)NC6=O)cn4)c32)cc1. The number of nitrogens with zero attached hydrogens (tertiary/aromatic N) is 4. The number of nitrogens with one attached hydrogen (secondary N) is 2. The van der Waals surface area contributed by atoms with Gasteiger partial charge in [-0.1, -0.05) is 12.1 Å². The number of barbiturate groups is 1. The fourth-order valence-electron chi connectivity index (χ4n) is 5.56. The Hall–Kier alpha value is -4.91. The number of hydrogen-bond acceptors (Lipinski definition) is 8. The molecule has 6 rings (SSSR count). The Morgan fingerprint density at radius 1 is 0.921 bits per heavy atom. The van der Waals surface area contributed by atoms with Gasteiger partial charge in [0.05, 0.1) is 29.2 Å². The summed E-state index contributed by atoms with van der Waals surface area (Å²) in [6.45, 7) is 1.29. The minimum absolute atomic E-state index is 0.303. The zero-order valence-electron chi connectivity index (χ0n) is 20.4. The minimum atomic E-state index is -1.47. The maximum absolute atomic E-state index is 12.8. The Morgan fingerprint density at radius 2 is 1.68 bits per heavy atom. The van der Waals surface area contributed by atoms with E-state index in [4.69, 9.17) is 10.00 Å². The normalized spacial score (nSPS) is 18.0. The molecule has 3 aliphatic rings. The Labute approximate surface area is 218 Å². The Kier molecular flexibility index (Phi) is 5.68. The summed E-state index contributed by atoms with van der Waals surface area (Å²) in [6.07, 6.45) is 4.42. The number of fused-ring (bicyclic) bond motifs is 1. The smallest absolute Gasteiger partial charge is 0.328 e. The van der Waals surface area contributed by atoms with Crippen LogP contribution in [0.2, 0.25) is 0 Å². The first kappa shape index (κ1) is 23.5. The molecule has 0 bridgehead atoms. The molecule has 38 heavy (non-hydrogen) atoms. The quantitative estimate of drug-likeness (QED) is 0.513. The van der Waals surface area contributed by atoms with Crippen LogP contribution in [0.3, 0.4) is 0 Å². The number of rotatable bonds is 4. The maximum atomic E-state index is 12.8. The largest absolute Gasteiger partial charge is 0.437 e. The Bertz CT molecular complexity index is 1460. The highest BCUT2D eigenvalue weighted by Gasteiger charge is 2.57. The number of carbonyl (C=O) groups excluding carboxylic acids is 3. The molecule has 2 N–H and O–H groups in total. The molecule has 4 heterocycles. The maximum Gasteiger partial charge on any atom is 0.328 e. The number of amides is 4. The van der Waals surface area contributed by atoms with Crippen molar-refractivity contribution in [3.63, 3.8) is 0 Å². The lowest BCUT2D eigenvalue weighted by atomic mass is 9.92. The number of urea groups is 1. The summed E-state index contributed by atoms with van der Waals surface area (Å²) in [5, 5.41) is 13.6. The number of nitriles is 1. The number of benzene rings is 2. The predicted molar refractivity (Wildman–Crippen MR) is 138 cm³/mol. The predicted octanol–water partition coefficient (Wildman–Crippen LogP) is 3.53. The molecule has 0 saturated carbocycles. The second-order valence-corrected chi connectivity index (χ2v) is 9.49. The van der Waals surface area contributed by atoms with Crippen molar-refractivity contribution >= 4 is 34.9 Å². The first-order chi connectivity index (χ1) is 18.5. The average molecular weight is 509 g/mol. The van der Waals surface area contributed by atoms with Crippen LogP contribution in [-0.2, 0) is 16.0 Å². The van der Waals surface area contributed by atoms with Crippen LogP contribution in [0, 0.1) is 11.3 Å². The van der Waals surface area contributed by atoms with E-state index < -0.39 is 23.4 Å². The topological polar surface area (TPSA) is 128 Å². The van der Waals surface area contributed by atoms with Crippen LogP contribution in [-0.4, -0.2) is 41.5 Å². The molecular formula is C28H24N6O4. The van der Waals surface area contributed by atoms with Crippen LogP contribution in [0.15, 0.2) is 60.8 Å². The van der Waals surface area contributed by atoms with Gasteiger partial charge in [-0.25, -0.2) is 9.78 Å². The molecule has 0 atom stereocenters. The van der Waals surface area contributed by atoms with Gasteiger partial charge in [-0.2, -0.15) is 5.26 Å². The summed E-state index contributed by atoms with van der Waals surface area (Å²) >= 11 is 0. The van der Waals surface area contributed by atoms with Gasteiger partial charge in [0.2, 0.25) is 5.88 Å². The van der Waals surface area contributed by atoms with Crippen LogP contribution < -0.4 is 25.2 Å². The fourth-order valence-corrected chi connectivity index (χ4v) is 5.56. The van der Waals surface area contributed by atoms with Crippen molar-refractivity contribution in [2.75, 3.05) is 22.9 Å². The second-order valence-electron chi connectivity index (χ2n) is 9.49. The lowest BCUT2D eigenvalue weighted by Gasteiger charge is -2.38. The molecule has 10 heteroatoms. The van der Waals surface area contributed by atoms with Gasteiger partial charge >= 0.3 is 6.03 Å². The summed E-state index contributed by atoms with van der Waals surface area (Å²) < 4.78 is 6.26. The molecule has 10 nitrogen and oxygen atoms in total. The third-order valence-electron chi connectivity index (χ3n) is 7.32. The monoisotopic (exact) mass is 508 g/mol. The lowest BCUT2D eigenvalue weighted by molar-refractivity contribution is -0.137. The van der Waals surface area contributed by atoms with Crippen LogP contribution in [0.5, 0.6) is 11.6 Å². The average Bonchev–Trinajstić information content (AvgIpc) is 3.39. The highest BCUT2D eigenvalue weighted by Crippen LogP contribution is 2.42. The van der Waals surface area contributed by atoms with Crippen molar-refractivity contribution in [1.82, 2.24) is 15.6 Å². The van der Waals surface area contributed by atoms with Gasteiger partial charge in [0.25, 0.3) is 11.8 Å². The van der Waals surface area contributed by atoms with Gasteiger partial charge in [-0.05, 0) is 67.6 Å². The summed E-state index contributed by atoms with van der Waals surface area (Å²) in [5.41, 5.74) is 2.83. The number of anilines is 3. The number of para-hydroxylation sites is 1. The van der Waals surface area contributed by atoms with E-state index in [-0.39, 0.29) is 0 Å². The summed E-state index contributed by atoms with van der Waals surface area (Å²) in [5.74, 6) is -0.215. The third-order valence-corrected chi connectivity index (χ3v) is 7.32. The van der Waals surface area contributed by atoms with E-state index in [1.165, 1.54) is 0 Å². The zero-order chi connectivity index (χ0) is 26.3. The molecule has 2 aromatic carbocycles. The number of pyridine rings is 1. The molecule has 0 radical (unpaired) electrons. The van der Waals surface area contributed by atoms with Gasteiger partial charge in [0.15, 0.2) is 11.3 Å². The van der Waals surface area contributed by atoms with Crippen molar-refractivity contribution < 1.29 is 19.1 Å². The molecular weight excluding hydrogens is 484 g/mol. The molecule has 3 aromatic rings. The van der Waals surface area contributed by atoms with Crippen molar-refractivity contribution in [3.8, 4) is 17.7 Å². The van der Waals surface area contributed by atoms with Gasteiger partial charge in [0, 0.05) is 24.8 Å². The molecule has 1 aromatic heterocycles. The molecule has 4 amide bonds. The van der Waals surface area contributed by atoms with Gasteiger partial charge in [-0.3, -0.25) is 20.2 Å². The summed E-state index contributed by atoms with van der Waals surface area (Å²) in [6, 6.07) is 18.3. The van der Waals surface area contributed by atoms with Crippen LogP contribution >= 0.6 is 0 Å². The van der Waals surface area contributed by atoms with E-state index in [1.807, 2.05) is 24.3 Å². The van der Waals surface area contributed by atoms with E-state index in [0.717, 1.165) is 36.3 Å². The van der Waals surface area contributed by atoms with Crippen LogP contribution in [0.25, 0.3) is 0 Å². The Morgan fingerprint density at radius 3 is 2.39 bits per heavy atom. The first-order valence-electron chi connectivity index (χ1n) is 12.5. The van der Waals surface area contributed by atoms with Gasteiger partial charge in [-0.15, -0.1) is 0 Å². The molecule has 1 spiro atoms. The molecule has 0 aliphatic carbocycles. The second kappa shape index (κ2) is 9.19. The summed E-state index contributed by atoms with van der Waals surface area (Å²) in [7, 11) is 0. The van der Waals surface area contributed by atoms with Gasteiger partial charge in [0.1, 0.15) is 0 Å². The number of aryl methyl sites for hydroxylation is 1. The molecule has 2 fully saturated rings. The van der Waals surface area contributed by atoms with E-state index >= 15 is 0 Å². The standard InChI is InChI=1S/C28H24N6O4/c29-16-18-7-9-20(10-8-18)33-14-2-5-19-4-1-6-22(24(19)33)38-23-12-11-21(17-30-23)34-15-3-13-28(34)25(35)31-27(37)32-26(28)36/h1,4,6-12,17H,2-3,5,13-15H2,(H2,31,32,35,36,37). The number of imide groups is 2. The number of aromatic nitrogens is 1. The third kappa shape index (κ3) is 3.80. The molecule has 190 valence electrons. The van der Waals surface area contributed by atoms with Crippen LogP contribution in [0.4, 0.5) is 21.9 Å². The molecule has 0 unspecified atom stereocenters. The van der Waals surface area contributed by atoms with Crippen molar-refractivity contribution in [2.24, 2.45) is 0 Å². The van der Waals surface area contributed by atoms with E-state index in [1.54, 1.807) is 35.4 Å². The summed E-state index contributed by atoms with van der Waals surface area (Å²) in [4.78, 5) is 45.5. The number of carbonyl (C=O) groups is 3. The number of ether oxygens (including phenoxy) is 1. The van der Waals surface area contributed by atoms with Crippen LogP contribution in [0.1, 0.15) is 30.4 Å².